The first kappa shape index (κ1) is 98.7. The molecule has 10 aromatic heterocycles. The third kappa shape index (κ3) is 22.8. The van der Waals surface area contributed by atoms with Crippen LogP contribution in [0.5, 0.6) is 28.7 Å². The number of fused-ring (bicyclic) bond motifs is 10. The number of alkyl halides is 3. The predicted octanol–water partition coefficient (Wildman–Crippen LogP) is 16.6. The molecule has 10 atom stereocenters. The Kier molecular flexibility index (Phi) is 30.1. The number of halogens is 8. The predicted molar refractivity (Wildman–Crippen MR) is 526 cm³/mol. The van der Waals surface area contributed by atoms with Crippen LogP contribution in [0.3, 0.4) is 0 Å². The minimum atomic E-state index is -2.75. The lowest BCUT2D eigenvalue weighted by molar-refractivity contribution is -0.125. The van der Waals surface area contributed by atoms with Gasteiger partial charge >= 0.3 is 0 Å². The molecular weight excluding hydrogens is 1840 g/mol. The highest BCUT2D eigenvalue weighted by Gasteiger charge is 2.32. The summed E-state index contributed by atoms with van der Waals surface area (Å²) < 4.78 is 148. The zero-order chi connectivity index (χ0) is 100. The summed E-state index contributed by atoms with van der Waals surface area (Å²) in [4.78, 5) is 50.1. The Balaban J connectivity index is 0.000000128. The smallest absolute Gasteiger partial charge is 0.276 e. The van der Waals surface area contributed by atoms with Gasteiger partial charge in [-0.1, -0.05) is 46.7 Å². The summed E-state index contributed by atoms with van der Waals surface area (Å²) in [5.41, 5.74) is 12.5. The average molecular weight is 1950 g/mol. The number of carbonyl (C=O) groups excluding carboxylic acids is 2. The minimum absolute atomic E-state index is 0.0603. The highest BCUT2D eigenvalue weighted by molar-refractivity contribution is 5.85. The highest BCUT2D eigenvalue weighted by atomic mass is 19.3. The lowest BCUT2D eigenvalue weighted by Crippen LogP contribution is -2.39. The third-order valence-electron chi connectivity index (χ3n) is 23.9. The molecule has 15 aromatic rings. The van der Waals surface area contributed by atoms with E-state index in [2.05, 4.69) is 141 Å². The Labute approximate surface area is 811 Å². The molecule has 20 rings (SSSR count). The SMILES string of the molecule is C=C1NC[C@@H](C(=O)CC)Oc2ccc(F)cc2[C@@H](C)Nc2ccn3ncc1c3n2.C=C1NC[C@@H](CF)Oc2ccc(F)cc2[C@@H](C)Nc2ccn3ncc1c3n2.C=C1NC[C@H](C(=O)CC)Oc2ccc(F)cc2[C@@H](C)Nc2ccn3ncc1c3n2.C=C1NC[C@H](C(F)F)Oc2ccc(F)cc2[C@@H](C)Nc2ccn3ncc1c3n2.C=C1NC[C@H](CN(C)C)Oc2ccc(F)cc2[C@@H](C)Nc2ccn3ncc1c3n2. The number of anilines is 5. The van der Waals surface area contributed by atoms with Gasteiger partial charge in [0.05, 0.1) is 122 Å². The zero-order valence-electron chi connectivity index (χ0n) is 79.1. The summed E-state index contributed by atoms with van der Waals surface area (Å²) in [6.45, 7) is 34.1. The van der Waals surface area contributed by atoms with Gasteiger partial charge in [0, 0.05) is 107 Å². The van der Waals surface area contributed by atoms with E-state index in [1.165, 1.54) is 72.8 Å². The number of likely N-dealkylation sites (N-methyl/N-ethyl adjacent to an activating group) is 1. The molecule has 0 aliphatic carbocycles. The fraction of sp³-hybridized carbons (Fsp3) is 0.287. The van der Waals surface area contributed by atoms with E-state index in [1.807, 2.05) is 54.1 Å². The first-order chi connectivity index (χ1) is 68.3. The number of hydrogen-bond acceptors (Lipinski definition) is 28. The second-order valence-corrected chi connectivity index (χ2v) is 34.5. The fourth-order valence-electron chi connectivity index (χ4n) is 16.3. The van der Waals surface area contributed by atoms with Crippen LogP contribution in [-0.4, -0.2) is 186 Å². The Morgan fingerprint density at radius 1 is 0.366 bits per heavy atom. The van der Waals surface area contributed by atoms with E-state index in [9.17, 15) is 44.7 Å². The molecule has 10 bridgehead atoms. The van der Waals surface area contributed by atoms with Crippen molar-refractivity contribution >= 4 is 97.4 Å². The van der Waals surface area contributed by atoms with Crippen molar-refractivity contribution in [2.45, 2.75) is 128 Å². The Morgan fingerprint density at radius 2 is 0.613 bits per heavy atom. The number of nitrogens with zero attached hydrogens (tertiary/aromatic N) is 16. The molecule has 738 valence electrons. The van der Waals surface area contributed by atoms with E-state index >= 15 is 0 Å². The molecule has 0 fully saturated rings. The topological polar surface area (TPSA) is 355 Å². The molecule has 33 nitrogen and oxygen atoms in total. The highest BCUT2D eigenvalue weighted by Crippen LogP contribution is 2.39. The van der Waals surface area contributed by atoms with Crippen molar-refractivity contribution in [1.82, 2.24) is 104 Å². The van der Waals surface area contributed by atoms with E-state index < -0.39 is 49.4 Å². The molecule has 0 amide bonds. The van der Waals surface area contributed by atoms with Crippen molar-refractivity contribution in [1.29, 1.82) is 0 Å². The van der Waals surface area contributed by atoms with E-state index in [0.29, 0.717) is 162 Å². The summed E-state index contributed by atoms with van der Waals surface area (Å²) in [5, 5.41) is 53.4. The lowest BCUT2D eigenvalue weighted by Gasteiger charge is -2.26. The molecule has 0 unspecified atom stereocenters. The number of ketones is 2. The summed E-state index contributed by atoms with van der Waals surface area (Å²) in [6, 6.07) is 28.5. The molecule has 0 radical (unpaired) electrons. The Morgan fingerprint density at radius 3 is 0.873 bits per heavy atom. The molecular formula is C101H106F8N26O7. The molecule has 142 heavy (non-hydrogen) atoms. The van der Waals surface area contributed by atoms with Gasteiger partial charge in [0.15, 0.2) is 58.1 Å². The maximum Gasteiger partial charge on any atom is 0.276 e. The van der Waals surface area contributed by atoms with Crippen LogP contribution >= 0.6 is 0 Å². The monoisotopic (exact) mass is 1950 g/mol. The van der Waals surface area contributed by atoms with Gasteiger partial charge in [0.1, 0.15) is 106 Å². The van der Waals surface area contributed by atoms with E-state index in [0.717, 1.165) is 28.0 Å². The number of rotatable bonds is 8. The minimum Gasteiger partial charge on any atom is -0.487 e. The standard InChI is InChI=1S/C21H25FN6O.2C21H22FN5O2.C19H18F3N5O.C19H19F2N5O/c1-13-18-11-24-28-8-7-20(26-21(18)28)25-14(2)17-9-15(22)5-6-19(17)29-16(10-23-13)12-27(3)4;2*1-4-17(28)19-11-23-12(2)16-10-24-27-8-7-20(26-21(16)27)25-13(3)15-9-14(22)5-6-18(15)29-19;1-10-14-8-24-27-6-5-17(26-19(14)27)25-11(2)13-7-12(20)3-4-15(13)28-16(9-23-10)18(21)22;1-11-16-10-23-26-6-5-18(25-19(16)26)24-12(2)15-7-13(21)3-4-17(15)27-14(8-20)9-22-11/h5-9,11,14,16,23H,1,10,12H2,2-4H3,(H,25,26);2*5-10,13,19,23H,2,4,11H2,1,3H3,(H,25,26);3-8,11,16,18,23H,1,9H2,2H3,(H,25,26);3-7,10,12,14,22H,1,8-9H2,2H3,(H,24,25)/t14-,16-;13-,19+;13-,19-;11-,16-;12-,14-/m11111/s1. The van der Waals surface area contributed by atoms with Crippen molar-refractivity contribution in [3.05, 3.63) is 301 Å². The van der Waals surface area contributed by atoms with Crippen LogP contribution in [0.4, 0.5) is 64.2 Å². The van der Waals surface area contributed by atoms with Crippen molar-refractivity contribution < 1.29 is 68.4 Å². The summed E-state index contributed by atoms with van der Waals surface area (Å²) in [6.07, 6.45) is 11.3. The summed E-state index contributed by atoms with van der Waals surface area (Å²) in [7, 11) is 3.98. The van der Waals surface area contributed by atoms with Gasteiger partial charge < -0.3 is 81.8 Å². The average Bonchev–Trinajstić information content (AvgIpc) is 1.64. The van der Waals surface area contributed by atoms with Crippen LogP contribution in [0.1, 0.15) is 147 Å². The molecule has 0 spiro atoms. The van der Waals surface area contributed by atoms with E-state index in [-0.39, 0.29) is 97.0 Å². The normalized spacial score (nSPS) is 19.5. The van der Waals surface area contributed by atoms with Crippen LogP contribution in [0.2, 0.25) is 0 Å². The van der Waals surface area contributed by atoms with Gasteiger partial charge in [-0.15, -0.1) is 0 Å². The summed E-state index contributed by atoms with van der Waals surface area (Å²) >= 11 is 0. The second-order valence-electron chi connectivity index (χ2n) is 34.5. The molecule has 0 saturated carbocycles. The van der Waals surface area contributed by atoms with Crippen LogP contribution in [0.25, 0.3) is 56.7 Å². The van der Waals surface area contributed by atoms with Crippen molar-refractivity contribution in [3.8, 4) is 28.7 Å². The van der Waals surface area contributed by atoms with Gasteiger partial charge in [-0.2, -0.15) is 25.5 Å². The number of nitrogens with one attached hydrogen (secondary N) is 10. The van der Waals surface area contributed by atoms with E-state index in [4.69, 9.17) is 23.7 Å². The third-order valence-corrected chi connectivity index (χ3v) is 23.9. The van der Waals surface area contributed by atoms with Crippen LogP contribution in [0.15, 0.2) is 216 Å². The summed E-state index contributed by atoms with van der Waals surface area (Å²) in [5.74, 6) is 3.11. The first-order valence-corrected chi connectivity index (χ1v) is 45.8. The van der Waals surface area contributed by atoms with Gasteiger partial charge in [-0.3, -0.25) is 9.59 Å². The number of Topliss-reactive ketones (excluding diaryl/α,β-unsaturated/α-hetero) is 2. The lowest BCUT2D eigenvalue weighted by atomic mass is 10.1. The number of hydrogen-bond donors (Lipinski definition) is 10. The van der Waals surface area contributed by atoms with Crippen LogP contribution in [0, 0.1) is 29.1 Å². The maximum absolute atomic E-state index is 14.0. The number of ether oxygens (including phenoxy) is 5. The van der Waals surface area contributed by atoms with Gasteiger partial charge in [0.25, 0.3) is 6.43 Å². The fourth-order valence-corrected chi connectivity index (χ4v) is 16.3. The van der Waals surface area contributed by atoms with Crippen molar-refractivity contribution in [3.63, 3.8) is 0 Å². The first-order valence-electron chi connectivity index (χ1n) is 45.8. The molecule has 5 aliphatic rings. The molecule has 10 N–H and O–H groups in total. The number of aromatic nitrogens is 15. The molecule has 41 heteroatoms. The zero-order valence-corrected chi connectivity index (χ0v) is 79.1. The van der Waals surface area contributed by atoms with Crippen molar-refractivity contribution in [2.75, 3.05) is 86.6 Å². The van der Waals surface area contributed by atoms with Crippen LogP contribution in [-0.2, 0) is 9.59 Å². The van der Waals surface area contributed by atoms with Gasteiger partial charge in [-0.25, -0.2) is 82.6 Å². The molecule has 5 aliphatic heterocycles. The molecule has 5 aromatic carbocycles. The quantitative estimate of drug-likeness (QED) is 0.0632. The van der Waals surface area contributed by atoms with Gasteiger partial charge in [0.2, 0.25) is 0 Å². The Hall–Kier alpha value is -16.4. The van der Waals surface area contributed by atoms with Crippen LogP contribution < -0.4 is 76.9 Å². The van der Waals surface area contributed by atoms with E-state index in [1.54, 1.807) is 142 Å². The van der Waals surface area contributed by atoms with Crippen molar-refractivity contribution in [2.24, 2.45) is 0 Å². The molecule has 0 saturated heterocycles. The molecule has 15 heterocycles. The second kappa shape index (κ2) is 43.4. The number of carbonyl (C=O) groups is 2. The Bertz CT molecular complexity index is 7060. The van der Waals surface area contributed by atoms with Gasteiger partial charge in [-0.05, 0) is 170 Å². The number of benzene rings is 5. The largest absolute Gasteiger partial charge is 0.487 e. The maximum atomic E-state index is 14.0.